The van der Waals surface area contributed by atoms with Crippen LogP contribution in [0.15, 0.2) is 0 Å². The molecule has 0 aromatic heterocycles. The molecule has 6 heavy (non-hydrogen) atoms. The zero-order valence-corrected chi connectivity index (χ0v) is 10.3. The third kappa shape index (κ3) is 53.9. The summed E-state index contributed by atoms with van der Waals surface area (Å²) in [6.07, 6.45) is 0. The Morgan fingerprint density at radius 3 is 1.00 bits per heavy atom. The summed E-state index contributed by atoms with van der Waals surface area (Å²) in [7, 11) is -2.17. The van der Waals surface area contributed by atoms with E-state index in [1.54, 1.807) is 0 Å². The van der Waals surface area contributed by atoms with Crippen LogP contribution in [0.5, 0.6) is 0 Å². The topological polar surface area (TPSA) is 60.7 Å². The van der Waals surface area contributed by atoms with Crippen molar-refractivity contribution in [2.75, 3.05) is 0 Å². The Morgan fingerprint density at radius 1 is 1.00 bits per heavy atom. The fourth-order valence-electron chi connectivity index (χ4n) is 0. The van der Waals surface area contributed by atoms with E-state index in [0.29, 0.717) is 0 Å². The minimum absolute atomic E-state index is 0. The van der Waals surface area contributed by atoms with Crippen molar-refractivity contribution in [1.82, 2.24) is 0 Å². The van der Waals surface area contributed by atoms with Gasteiger partial charge in [0.05, 0.1) is 0 Å². The molecule has 0 heterocycles. The summed E-state index contributed by atoms with van der Waals surface area (Å²) in [4.78, 5) is 0. The average Bonchev–Trinajstić information content (AvgIpc) is 0.811. The molecule has 0 atom stereocenters. The predicted molar refractivity (Wildman–Crippen MR) is 22.3 cm³/mol. The van der Waals surface area contributed by atoms with Crippen molar-refractivity contribution < 1.29 is 34.6 Å². The van der Waals surface area contributed by atoms with E-state index in [0.717, 1.165) is 0 Å². The number of hydrogen-bond donors (Lipinski definition) is 3. The summed E-state index contributed by atoms with van der Waals surface area (Å²) in [6.45, 7) is 0. The minimum Gasteiger partial charge on any atom is 0 e. The molecule has 3 nitrogen and oxygen atoms in total. The zero-order valence-electron chi connectivity index (χ0n) is 3.33. The fourth-order valence-corrected chi connectivity index (χ4v) is 0. The van der Waals surface area contributed by atoms with Crippen molar-refractivity contribution in [2.24, 2.45) is 0 Å². The molecule has 0 radical (unpaired) electrons. The van der Waals surface area contributed by atoms with Crippen molar-refractivity contribution >= 4 is 31.7 Å². The van der Waals surface area contributed by atoms with Crippen LogP contribution >= 0.6 is 0 Å². The Morgan fingerprint density at radius 2 is 1.00 bits per heavy atom. The molecule has 0 bridgehead atoms. The molecule has 0 aliphatic heterocycles. The van der Waals surface area contributed by atoms with Crippen LogP contribution in [0.4, 0.5) is 0 Å². The van der Waals surface area contributed by atoms with Gasteiger partial charge in [0.15, 0.2) is 0 Å². The Hall–Kier alpha value is 1.39. The molecule has 0 aliphatic rings. The molecule has 0 saturated heterocycles. The van der Waals surface area contributed by atoms with E-state index in [1.807, 2.05) is 0 Å². The summed E-state index contributed by atoms with van der Waals surface area (Å²) >= 11 is 0. The molecule has 34 valence electrons. The summed E-state index contributed by atoms with van der Waals surface area (Å²) in [5.74, 6) is 0. The first-order valence-electron chi connectivity index (χ1n) is 0.775. The molecule has 0 spiro atoms. The van der Waals surface area contributed by atoms with Gasteiger partial charge in [-0.15, -0.1) is 0 Å². The minimum atomic E-state index is -2.17. The van der Waals surface area contributed by atoms with Gasteiger partial charge in [-0.05, 0) is 0 Å². The van der Waals surface area contributed by atoms with Gasteiger partial charge in [0.2, 0.25) is 0 Å². The summed E-state index contributed by atoms with van der Waals surface area (Å²) in [6, 6.07) is 0. The van der Waals surface area contributed by atoms with Crippen LogP contribution in [0.25, 0.3) is 0 Å². The standard InChI is InChI=1S/BH3O3.Sb.Zn.3H/c2-1(3)4;;;;;/h2-4H;;;;;. The molecule has 6 heteroatoms. The van der Waals surface area contributed by atoms with Crippen LogP contribution in [0, 0.1) is 0 Å². The first kappa shape index (κ1) is 15.7. The molecule has 0 unspecified atom stereocenters. The summed E-state index contributed by atoms with van der Waals surface area (Å²) < 4.78 is 0. The SMILES string of the molecule is OB(O)O.[SbH3].[Zn]. The molecule has 0 aromatic carbocycles. The average molecular weight is 252 g/mol. The first-order chi connectivity index (χ1) is 1.73. The molecule has 0 saturated carbocycles. The normalized spacial score (nSPS) is 4.50. The monoisotopic (exact) mass is 250 g/mol. The molecular weight excluding hydrogens is 246 g/mol. The second-order valence-corrected chi connectivity index (χ2v) is 0.346. The molecule has 0 fully saturated rings. The third-order valence-corrected chi connectivity index (χ3v) is 0. The summed E-state index contributed by atoms with van der Waals surface area (Å²) in [5.41, 5.74) is 0. The molecular formula is H6BO3SbZn. The fraction of sp³-hybridized carbons (Fsp3) is 0. The Bertz CT molecular complexity index is 15.5. The summed E-state index contributed by atoms with van der Waals surface area (Å²) in [5, 5.41) is 21.5. The number of rotatable bonds is 0. The van der Waals surface area contributed by atoms with Gasteiger partial charge in [-0.2, -0.15) is 0 Å². The van der Waals surface area contributed by atoms with E-state index in [9.17, 15) is 0 Å². The predicted octanol–water partition coefficient (Wildman–Crippen LogP) is -3.24. The maximum absolute atomic E-state index is 7.17. The number of hydrogen-bond acceptors (Lipinski definition) is 3. The van der Waals surface area contributed by atoms with E-state index >= 15 is 0 Å². The van der Waals surface area contributed by atoms with E-state index in [2.05, 4.69) is 0 Å². The van der Waals surface area contributed by atoms with Crippen LogP contribution in [-0.4, -0.2) is 46.8 Å². The van der Waals surface area contributed by atoms with Crippen LogP contribution in [-0.2, 0) is 19.5 Å². The van der Waals surface area contributed by atoms with Crippen molar-refractivity contribution in [1.29, 1.82) is 0 Å². The van der Waals surface area contributed by atoms with E-state index in [-0.39, 0.29) is 43.9 Å². The maximum Gasteiger partial charge on any atom is 0 e. The third-order valence-electron chi connectivity index (χ3n) is 0. The van der Waals surface area contributed by atoms with Crippen molar-refractivity contribution in [3.05, 3.63) is 0 Å². The van der Waals surface area contributed by atoms with Gasteiger partial charge in [0, 0.05) is 19.5 Å². The van der Waals surface area contributed by atoms with Gasteiger partial charge in [0.25, 0.3) is 0 Å². The second-order valence-electron chi connectivity index (χ2n) is 0.346. The zero-order chi connectivity index (χ0) is 3.58. The Balaban J connectivity index is -0.0000000450. The molecule has 0 amide bonds. The van der Waals surface area contributed by atoms with Gasteiger partial charge in [-0.3, -0.25) is 0 Å². The van der Waals surface area contributed by atoms with Crippen LogP contribution in [0.1, 0.15) is 0 Å². The van der Waals surface area contributed by atoms with Gasteiger partial charge in [-0.25, -0.2) is 0 Å². The van der Waals surface area contributed by atoms with Gasteiger partial charge >= 0.3 is 31.7 Å². The molecule has 3 N–H and O–H groups in total. The van der Waals surface area contributed by atoms with Crippen molar-refractivity contribution in [2.45, 2.75) is 0 Å². The second kappa shape index (κ2) is 9.63. The van der Waals surface area contributed by atoms with Crippen LogP contribution in [0.2, 0.25) is 0 Å². The smallest absolute Gasteiger partial charge is 0 e. The molecule has 0 aliphatic carbocycles. The van der Waals surface area contributed by atoms with Crippen LogP contribution in [0.3, 0.4) is 0 Å². The van der Waals surface area contributed by atoms with Crippen molar-refractivity contribution in [3.63, 3.8) is 0 Å². The van der Waals surface area contributed by atoms with Crippen LogP contribution < -0.4 is 0 Å². The Labute approximate surface area is 66.1 Å². The quantitative estimate of drug-likeness (QED) is 0.397. The largest absolute Gasteiger partial charge is 0 e. The molecule has 0 aromatic rings. The Kier molecular flexibility index (Phi) is 25.1. The molecule has 0 rings (SSSR count). The van der Waals surface area contributed by atoms with E-state index < -0.39 is 7.32 Å². The van der Waals surface area contributed by atoms with Crippen molar-refractivity contribution in [3.8, 4) is 0 Å². The van der Waals surface area contributed by atoms with Gasteiger partial charge in [0.1, 0.15) is 0 Å². The maximum atomic E-state index is 7.17. The van der Waals surface area contributed by atoms with E-state index in [1.165, 1.54) is 0 Å². The van der Waals surface area contributed by atoms with Gasteiger partial charge in [-0.1, -0.05) is 0 Å². The van der Waals surface area contributed by atoms with E-state index in [4.69, 9.17) is 15.1 Å². The van der Waals surface area contributed by atoms with Gasteiger partial charge < -0.3 is 15.1 Å². The first-order valence-corrected chi connectivity index (χ1v) is 0.775.